The highest BCUT2D eigenvalue weighted by molar-refractivity contribution is 7.99. The molecular weight excluding hydrogens is 432 g/mol. The zero-order valence-corrected chi connectivity index (χ0v) is 21.6. The first-order valence-corrected chi connectivity index (χ1v) is 14.0. The summed E-state index contributed by atoms with van der Waals surface area (Å²) in [6.07, 6.45) is 9.50. The average Bonchev–Trinajstić information content (AvgIpc) is 3.14. The smallest absolute Gasteiger partial charge is 0.267 e. The van der Waals surface area contributed by atoms with Crippen molar-refractivity contribution >= 4 is 33.3 Å². The Morgan fingerprint density at radius 1 is 1.12 bits per heavy atom. The van der Waals surface area contributed by atoms with E-state index in [1.54, 1.807) is 23.1 Å². The molecule has 0 saturated heterocycles. The fraction of sp³-hybridized carbons (Fsp3) is 0.556. The predicted molar refractivity (Wildman–Crippen MR) is 140 cm³/mol. The quantitative estimate of drug-likeness (QED) is 0.193. The van der Waals surface area contributed by atoms with Crippen LogP contribution < -0.4 is 5.56 Å². The van der Waals surface area contributed by atoms with Crippen LogP contribution in [0.3, 0.4) is 0 Å². The van der Waals surface area contributed by atoms with Gasteiger partial charge in [-0.25, -0.2) is 4.98 Å². The van der Waals surface area contributed by atoms with Gasteiger partial charge in [-0.15, -0.1) is 11.3 Å². The van der Waals surface area contributed by atoms with E-state index in [9.17, 15) is 4.79 Å². The molecule has 1 aromatic carbocycles. The number of hydrogen-bond donors (Lipinski definition) is 0. The van der Waals surface area contributed by atoms with Gasteiger partial charge in [0.25, 0.3) is 5.56 Å². The van der Waals surface area contributed by atoms with Crippen molar-refractivity contribution in [3.8, 4) is 5.69 Å². The highest BCUT2D eigenvalue weighted by atomic mass is 32.2. The lowest BCUT2D eigenvalue weighted by molar-refractivity contribution is 0.218. The molecule has 0 saturated carbocycles. The second-order valence-electron chi connectivity index (χ2n) is 10.1. The van der Waals surface area contributed by atoms with E-state index in [4.69, 9.17) is 4.98 Å². The molecule has 0 bridgehead atoms. The van der Waals surface area contributed by atoms with Crippen molar-refractivity contribution in [2.24, 2.45) is 11.3 Å². The molecule has 0 aliphatic heterocycles. The Bertz CT molecular complexity index is 1110. The Hall–Kier alpha value is -1.59. The lowest BCUT2D eigenvalue weighted by Crippen LogP contribution is -2.27. The Morgan fingerprint density at radius 3 is 2.59 bits per heavy atom. The number of thioether (sulfide) groups is 1. The molecular formula is C27H36N2OS2. The molecule has 3 nitrogen and oxygen atoms in total. The van der Waals surface area contributed by atoms with Crippen LogP contribution in [-0.2, 0) is 12.8 Å². The normalized spacial score (nSPS) is 16.4. The van der Waals surface area contributed by atoms with Crippen molar-refractivity contribution in [2.75, 3.05) is 5.75 Å². The Balaban J connectivity index is 1.71. The highest BCUT2D eigenvalue weighted by Crippen LogP contribution is 2.42. The van der Waals surface area contributed by atoms with Crippen LogP contribution in [0.4, 0.5) is 0 Å². The fourth-order valence-electron chi connectivity index (χ4n) is 4.72. The van der Waals surface area contributed by atoms with Gasteiger partial charge < -0.3 is 0 Å². The molecule has 0 spiro atoms. The number of para-hydroxylation sites is 1. The van der Waals surface area contributed by atoms with Crippen LogP contribution in [0.1, 0.15) is 76.7 Å². The van der Waals surface area contributed by atoms with E-state index >= 15 is 0 Å². The van der Waals surface area contributed by atoms with Crippen molar-refractivity contribution in [1.29, 1.82) is 0 Å². The van der Waals surface area contributed by atoms with Crippen molar-refractivity contribution in [3.63, 3.8) is 0 Å². The maximum atomic E-state index is 13.9. The molecule has 32 heavy (non-hydrogen) atoms. The molecule has 4 rings (SSSR count). The number of aromatic nitrogens is 2. The summed E-state index contributed by atoms with van der Waals surface area (Å²) >= 11 is 3.50. The topological polar surface area (TPSA) is 34.9 Å². The van der Waals surface area contributed by atoms with Gasteiger partial charge in [0.15, 0.2) is 5.16 Å². The van der Waals surface area contributed by atoms with Gasteiger partial charge in [0.05, 0.1) is 11.1 Å². The third kappa shape index (κ3) is 4.99. The summed E-state index contributed by atoms with van der Waals surface area (Å²) in [5.41, 5.74) is 2.60. The van der Waals surface area contributed by atoms with Crippen LogP contribution in [0.15, 0.2) is 40.3 Å². The van der Waals surface area contributed by atoms with E-state index < -0.39 is 0 Å². The maximum absolute atomic E-state index is 13.9. The summed E-state index contributed by atoms with van der Waals surface area (Å²) in [5, 5.41) is 1.71. The lowest BCUT2D eigenvalue weighted by Gasteiger charge is -2.33. The molecule has 2 heterocycles. The first-order valence-electron chi connectivity index (χ1n) is 12.2. The molecule has 1 aliphatic carbocycles. The van der Waals surface area contributed by atoms with E-state index in [2.05, 4.69) is 27.7 Å². The summed E-state index contributed by atoms with van der Waals surface area (Å²) in [6.45, 7) is 9.26. The van der Waals surface area contributed by atoms with Gasteiger partial charge in [-0.1, -0.05) is 83.3 Å². The Labute approximate surface area is 200 Å². The fourth-order valence-corrected chi connectivity index (χ4v) is 7.07. The van der Waals surface area contributed by atoms with Gasteiger partial charge in [-0.2, -0.15) is 0 Å². The predicted octanol–water partition coefficient (Wildman–Crippen LogP) is 7.66. The zero-order valence-electron chi connectivity index (χ0n) is 19.9. The molecule has 0 radical (unpaired) electrons. The van der Waals surface area contributed by atoms with E-state index in [1.807, 2.05) is 34.9 Å². The minimum Gasteiger partial charge on any atom is -0.268 e. The molecule has 5 heteroatoms. The minimum atomic E-state index is 0.112. The number of nitrogens with zero attached hydrogens (tertiary/aromatic N) is 2. The molecule has 2 aromatic heterocycles. The van der Waals surface area contributed by atoms with Crippen molar-refractivity contribution in [3.05, 3.63) is 51.1 Å². The molecule has 0 amide bonds. The molecule has 0 N–H and O–H groups in total. The van der Waals surface area contributed by atoms with E-state index in [1.165, 1.54) is 42.5 Å². The van der Waals surface area contributed by atoms with Gasteiger partial charge in [0.1, 0.15) is 4.83 Å². The van der Waals surface area contributed by atoms with Crippen LogP contribution in [0.25, 0.3) is 15.9 Å². The molecule has 1 aliphatic rings. The second kappa shape index (κ2) is 10.1. The molecule has 1 atom stereocenters. The number of benzene rings is 1. The maximum Gasteiger partial charge on any atom is 0.267 e. The zero-order chi connectivity index (χ0) is 22.7. The highest BCUT2D eigenvalue weighted by Gasteiger charge is 2.32. The number of rotatable bonds is 8. The van der Waals surface area contributed by atoms with Crippen LogP contribution in [-0.4, -0.2) is 15.3 Å². The lowest BCUT2D eigenvalue weighted by atomic mass is 9.72. The van der Waals surface area contributed by atoms with Crippen LogP contribution in [0.2, 0.25) is 0 Å². The molecule has 0 unspecified atom stereocenters. The summed E-state index contributed by atoms with van der Waals surface area (Å²) in [6, 6.07) is 10.0. The first kappa shape index (κ1) is 23.6. The molecule has 3 aromatic rings. The van der Waals surface area contributed by atoms with Gasteiger partial charge in [-0.3, -0.25) is 9.36 Å². The number of fused-ring (bicyclic) bond motifs is 3. The summed E-state index contributed by atoms with van der Waals surface area (Å²) in [4.78, 5) is 21.3. The van der Waals surface area contributed by atoms with Gasteiger partial charge >= 0.3 is 0 Å². The van der Waals surface area contributed by atoms with Gasteiger partial charge in [-0.05, 0) is 54.7 Å². The van der Waals surface area contributed by atoms with Crippen molar-refractivity contribution < 1.29 is 0 Å². The number of unbranched alkanes of at least 4 members (excludes halogenated alkanes) is 4. The van der Waals surface area contributed by atoms with Crippen molar-refractivity contribution in [1.82, 2.24) is 9.55 Å². The summed E-state index contributed by atoms with van der Waals surface area (Å²) in [7, 11) is 0. The second-order valence-corrected chi connectivity index (χ2v) is 12.3. The Morgan fingerprint density at radius 2 is 1.88 bits per heavy atom. The standard InChI is InChI=1S/C27H36N2OS2/c1-5-6-7-8-12-17-31-26-28-24-23(25(30)29(26)20-13-10-9-11-14-20)21-16-15-19(27(2,3)4)18-22(21)32-24/h9-11,13-14,19H,5-8,12,15-18H2,1-4H3/t19-/m0/s1. The van der Waals surface area contributed by atoms with E-state index in [0.29, 0.717) is 11.3 Å². The average molecular weight is 469 g/mol. The van der Waals surface area contributed by atoms with Gasteiger partial charge in [0, 0.05) is 10.6 Å². The van der Waals surface area contributed by atoms with Crippen molar-refractivity contribution in [2.45, 2.75) is 84.2 Å². The third-order valence-electron chi connectivity index (χ3n) is 6.77. The minimum absolute atomic E-state index is 0.112. The van der Waals surface area contributed by atoms with Gasteiger partial charge in [0.2, 0.25) is 0 Å². The largest absolute Gasteiger partial charge is 0.268 e. The summed E-state index contributed by atoms with van der Waals surface area (Å²) in [5.74, 6) is 1.67. The van der Waals surface area contributed by atoms with E-state index in [-0.39, 0.29) is 5.56 Å². The molecule has 0 fully saturated rings. The monoisotopic (exact) mass is 468 g/mol. The SMILES string of the molecule is CCCCCCCSc1nc2sc3c(c2c(=O)n1-c1ccccc1)CC[C@H](C(C)(C)C)C3. The van der Waals surface area contributed by atoms with Crippen LogP contribution in [0.5, 0.6) is 0 Å². The number of hydrogen-bond acceptors (Lipinski definition) is 4. The molecule has 172 valence electrons. The number of aryl methyl sites for hydroxylation is 1. The third-order valence-corrected chi connectivity index (χ3v) is 8.94. The van der Waals surface area contributed by atoms with E-state index in [0.717, 1.165) is 46.1 Å². The summed E-state index contributed by atoms with van der Waals surface area (Å²) < 4.78 is 1.86. The Kier molecular flexibility index (Phi) is 7.46. The van der Waals surface area contributed by atoms with Crippen LogP contribution in [0, 0.1) is 11.3 Å². The van der Waals surface area contributed by atoms with Crippen LogP contribution >= 0.6 is 23.1 Å². The first-order chi connectivity index (χ1) is 15.4. The number of thiophene rings is 1.